The van der Waals surface area contributed by atoms with Gasteiger partial charge in [0.05, 0.1) is 9.37 Å². The number of halogens is 2. The number of fused-ring (bicyclic) bond motifs is 1. The number of benzene rings is 2. The van der Waals surface area contributed by atoms with Crippen molar-refractivity contribution in [1.82, 2.24) is 9.71 Å². The largest absolute Gasteiger partial charge is 0.482 e. The molecular formula is C23H20BrClN2O5S. The van der Waals surface area contributed by atoms with Crippen molar-refractivity contribution in [2.75, 3.05) is 6.61 Å². The van der Waals surface area contributed by atoms with Crippen LogP contribution in [0.1, 0.15) is 30.0 Å². The van der Waals surface area contributed by atoms with E-state index in [1.165, 1.54) is 6.20 Å². The summed E-state index contributed by atoms with van der Waals surface area (Å²) >= 11 is 9.43. The first-order chi connectivity index (χ1) is 15.9. The zero-order chi connectivity index (χ0) is 23.4. The van der Waals surface area contributed by atoms with Gasteiger partial charge in [-0.3, -0.25) is 0 Å². The fourth-order valence-electron chi connectivity index (χ4n) is 3.64. The van der Waals surface area contributed by atoms with E-state index in [-0.39, 0.29) is 6.04 Å². The van der Waals surface area contributed by atoms with Gasteiger partial charge in [0.2, 0.25) is 5.88 Å². The van der Waals surface area contributed by atoms with E-state index in [0.29, 0.717) is 31.8 Å². The molecule has 1 aliphatic rings. The zero-order valence-electron chi connectivity index (χ0n) is 17.3. The number of aromatic nitrogens is 1. The van der Waals surface area contributed by atoms with Crippen molar-refractivity contribution < 1.29 is 23.6 Å². The second kappa shape index (κ2) is 10.6. The first-order valence-electron chi connectivity index (χ1n) is 10.1. The van der Waals surface area contributed by atoms with Crippen molar-refractivity contribution in [1.29, 1.82) is 0 Å². The quantitative estimate of drug-likeness (QED) is 0.387. The molecule has 0 amide bonds. The molecule has 1 aliphatic carbocycles. The van der Waals surface area contributed by atoms with E-state index < -0.39 is 23.6 Å². The third kappa shape index (κ3) is 5.92. The minimum atomic E-state index is -1.53. The highest BCUT2D eigenvalue weighted by atomic mass is 79.9. The van der Waals surface area contributed by atoms with E-state index in [2.05, 4.69) is 25.6 Å². The van der Waals surface area contributed by atoms with Crippen molar-refractivity contribution in [3.63, 3.8) is 0 Å². The van der Waals surface area contributed by atoms with Gasteiger partial charge in [0.15, 0.2) is 6.61 Å². The summed E-state index contributed by atoms with van der Waals surface area (Å²) in [5.74, 6) is 0.405. The summed E-state index contributed by atoms with van der Waals surface area (Å²) in [6, 6.07) is 14.0. The Kier molecular flexibility index (Phi) is 7.64. The Labute approximate surface area is 206 Å². The minimum Gasteiger partial charge on any atom is -0.482 e. The van der Waals surface area contributed by atoms with Gasteiger partial charge in [0.1, 0.15) is 22.5 Å². The summed E-state index contributed by atoms with van der Waals surface area (Å²) in [5.41, 5.74) is 1.91. The molecule has 0 spiro atoms. The predicted octanol–water partition coefficient (Wildman–Crippen LogP) is 5.44. The Morgan fingerprint density at radius 3 is 2.85 bits per heavy atom. The molecule has 4 rings (SSSR count). The Morgan fingerprint density at radius 2 is 2.09 bits per heavy atom. The van der Waals surface area contributed by atoms with Crippen molar-refractivity contribution in [3.8, 4) is 17.4 Å². The SMILES string of the molecule is O=C(O)COc1cccc2c1CCCC2NS(=O)c1cnc(Oc2cccc(Cl)c2)c(Br)c1. The maximum absolute atomic E-state index is 13.1. The van der Waals surface area contributed by atoms with Crippen LogP contribution in [0, 0.1) is 0 Å². The summed E-state index contributed by atoms with van der Waals surface area (Å²) in [6.07, 6.45) is 3.94. The lowest BCUT2D eigenvalue weighted by Crippen LogP contribution is -2.27. The molecule has 10 heteroatoms. The molecule has 1 aromatic heterocycles. The van der Waals surface area contributed by atoms with Gasteiger partial charge in [0.25, 0.3) is 0 Å². The average Bonchev–Trinajstić information content (AvgIpc) is 2.79. The molecule has 0 radical (unpaired) electrons. The van der Waals surface area contributed by atoms with E-state index in [9.17, 15) is 9.00 Å². The molecule has 0 aliphatic heterocycles. The number of rotatable bonds is 8. The Hall–Kier alpha value is -2.46. The standard InChI is InChI=1S/C23H20BrClN2O5S/c24-19-11-16(12-26-23(19)32-15-5-1-4-14(25)10-15)33(30)27-20-8-2-7-18-17(20)6-3-9-21(18)31-13-22(28)29/h1,3-6,9-12,20,27H,2,7-8,13H2,(H,28,29). The topological polar surface area (TPSA) is 97.8 Å². The molecule has 2 unspecified atom stereocenters. The van der Waals surface area contributed by atoms with Crippen LogP contribution in [0.15, 0.2) is 64.1 Å². The minimum absolute atomic E-state index is 0.163. The van der Waals surface area contributed by atoms with Crippen LogP contribution in [0.4, 0.5) is 0 Å². The Balaban J connectivity index is 1.48. The van der Waals surface area contributed by atoms with Crippen LogP contribution in [0.5, 0.6) is 17.4 Å². The molecule has 2 aromatic carbocycles. The fraction of sp³-hybridized carbons (Fsp3) is 0.217. The smallest absolute Gasteiger partial charge is 0.341 e. The number of pyridine rings is 1. The molecule has 2 N–H and O–H groups in total. The van der Waals surface area contributed by atoms with Gasteiger partial charge in [-0.05, 0) is 76.7 Å². The Bertz CT molecular complexity index is 1210. The average molecular weight is 552 g/mol. The van der Waals surface area contributed by atoms with Crippen LogP contribution in [-0.2, 0) is 22.2 Å². The zero-order valence-corrected chi connectivity index (χ0v) is 20.5. The van der Waals surface area contributed by atoms with Crippen molar-refractivity contribution in [2.24, 2.45) is 0 Å². The van der Waals surface area contributed by atoms with Gasteiger partial charge in [-0.15, -0.1) is 0 Å². The van der Waals surface area contributed by atoms with E-state index in [4.69, 9.17) is 26.2 Å². The summed E-state index contributed by atoms with van der Waals surface area (Å²) in [4.78, 5) is 15.7. The number of nitrogens with zero attached hydrogens (tertiary/aromatic N) is 1. The molecule has 1 heterocycles. The third-order valence-corrected chi connectivity index (χ3v) is 7.02. The van der Waals surface area contributed by atoms with Crippen LogP contribution in [-0.4, -0.2) is 26.9 Å². The van der Waals surface area contributed by atoms with E-state index in [1.807, 2.05) is 12.1 Å². The first-order valence-corrected chi connectivity index (χ1v) is 12.5. The normalized spacial score (nSPS) is 16.0. The number of carbonyl (C=O) groups is 1. The Morgan fingerprint density at radius 1 is 1.27 bits per heavy atom. The monoisotopic (exact) mass is 550 g/mol. The van der Waals surface area contributed by atoms with Gasteiger partial charge in [-0.25, -0.2) is 18.7 Å². The number of nitrogens with one attached hydrogen (secondary N) is 1. The second-order valence-corrected chi connectivity index (χ2v) is 9.89. The van der Waals surface area contributed by atoms with Crippen LogP contribution in [0.3, 0.4) is 0 Å². The molecule has 0 saturated heterocycles. The first kappa shape index (κ1) is 23.7. The number of carboxylic acid groups (broad SMARTS) is 1. The van der Waals surface area contributed by atoms with Crippen LogP contribution >= 0.6 is 27.5 Å². The van der Waals surface area contributed by atoms with Gasteiger partial charge >= 0.3 is 5.97 Å². The van der Waals surface area contributed by atoms with Crippen molar-refractivity contribution >= 4 is 44.5 Å². The van der Waals surface area contributed by atoms with E-state index in [1.54, 1.807) is 36.4 Å². The summed E-state index contributed by atoms with van der Waals surface area (Å²) in [6.45, 7) is -0.399. The summed E-state index contributed by atoms with van der Waals surface area (Å²) in [5, 5.41) is 9.46. The number of hydrogen-bond donors (Lipinski definition) is 2. The lowest BCUT2D eigenvalue weighted by molar-refractivity contribution is -0.139. The highest BCUT2D eigenvalue weighted by Gasteiger charge is 2.25. The molecule has 172 valence electrons. The third-order valence-electron chi connectivity index (χ3n) is 5.07. The molecule has 2 atom stereocenters. The molecule has 0 saturated carbocycles. The second-order valence-electron chi connectivity index (χ2n) is 7.36. The molecule has 33 heavy (non-hydrogen) atoms. The lowest BCUT2D eigenvalue weighted by atomic mass is 9.87. The van der Waals surface area contributed by atoms with Crippen molar-refractivity contribution in [2.45, 2.75) is 30.2 Å². The number of aliphatic carboxylic acids is 1. The highest BCUT2D eigenvalue weighted by Crippen LogP contribution is 2.36. The van der Waals surface area contributed by atoms with E-state index >= 15 is 0 Å². The molecular weight excluding hydrogens is 532 g/mol. The molecule has 0 bridgehead atoms. The van der Waals surface area contributed by atoms with Crippen molar-refractivity contribution in [3.05, 3.63) is 75.4 Å². The van der Waals surface area contributed by atoms with Crippen LogP contribution in [0.25, 0.3) is 0 Å². The molecule has 0 fully saturated rings. The molecule has 7 nitrogen and oxygen atoms in total. The maximum Gasteiger partial charge on any atom is 0.341 e. The predicted molar refractivity (Wildman–Crippen MR) is 128 cm³/mol. The summed E-state index contributed by atoms with van der Waals surface area (Å²) in [7, 11) is -1.53. The summed E-state index contributed by atoms with van der Waals surface area (Å²) < 4.78 is 28.0. The number of ether oxygens (including phenoxy) is 2. The van der Waals surface area contributed by atoms with E-state index in [0.717, 1.165) is 30.4 Å². The van der Waals surface area contributed by atoms with Gasteiger partial charge in [0, 0.05) is 17.3 Å². The number of hydrogen-bond acceptors (Lipinski definition) is 5. The number of carboxylic acids is 1. The van der Waals surface area contributed by atoms with Crippen LogP contribution in [0.2, 0.25) is 5.02 Å². The maximum atomic E-state index is 13.1. The van der Waals surface area contributed by atoms with Gasteiger partial charge < -0.3 is 14.6 Å². The highest BCUT2D eigenvalue weighted by molar-refractivity contribution is 9.10. The van der Waals surface area contributed by atoms with Crippen LogP contribution < -0.4 is 14.2 Å². The lowest BCUT2D eigenvalue weighted by Gasteiger charge is -2.27. The van der Waals surface area contributed by atoms with Gasteiger partial charge in [-0.2, -0.15) is 0 Å². The van der Waals surface area contributed by atoms with Gasteiger partial charge in [-0.1, -0.05) is 29.8 Å². The molecule has 3 aromatic rings. The fourth-order valence-corrected chi connectivity index (χ4v) is 5.41.